The monoisotopic (exact) mass is 488 g/mol. The number of ether oxygens (including phenoxy) is 1. The number of carbonyl (C=O) groups excluding carboxylic acids is 1. The van der Waals surface area contributed by atoms with Gasteiger partial charge < -0.3 is 15.0 Å². The van der Waals surface area contributed by atoms with Crippen LogP contribution in [0, 0.1) is 10.1 Å². The van der Waals surface area contributed by atoms with Crippen LogP contribution in [-0.4, -0.2) is 62.9 Å². The summed E-state index contributed by atoms with van der Waals surface area (Å²) in [6.07, 6.45) is 2.55. The molecule has 1 N–H and O–H groups in total. The number of rotatable bonds is 9. The van der Waals surface area contributed by atoms with Crippen LogP contribution in [0.4, 0.5) is 17.1 Å². The molecule has 1 heterocycles. The number of nitro benzene ring substituents is 1. The lowest BCUT2D eigenvalue weighted by Crippen LogP contribution is -2.37. The SMILES string of the molecule is CCN(CC)S(=O)(=O)c1ccc(N2CCOCC2)c(NC(=O)/C=C/c2ccccc2[N+](=O)[O-])c1. The molecule has 0 unspecified atom stereocenters. The maximum atomic E-state index is 13.0. The maximum absolute atomic E-state index is 13.0. The van der Waals surface area contributed by atoms with Gasteiger partial charge >= 0.3 is 0 Å². The molecule has 182 valence electrons. The Morgan fingerprint density at radius 1 is 1.18 bits per heavy atom. The molecule has 0 atom stereocenters. The summed E-state index contributed by atoms with van der Waals surface area (Å²) in [7, 11) is -3.73. The van der Waals surface area contributed by atoms with Gasteiger partial charge in [-0.15, -0.1) is 0 Å². The highest BCUT2D eigenvalue weighted by molar-refractivity contribution is 7.89. The number of nitrogens with one attached hydrogen (secondary N) is 1. The highest BCUT2D eigenvalue weighted by Gasteiger charge is 2.24. The van der Waals surface area contributed by atoms with Crippen LogP contribution < -0.4 is 10.2 Å². The number of carbonyl (C=O) groups is 1. The molecule has 1 saturated heterocycles. The number of hydrogen-bond acceptors (Lipinski definition) is 7. The van der Waals surface area contributed by atoms with Crippen molar-refractivity contribution in [1.29, 1.82) is 0 Å². The molecule has 0 saturated carbocycles. The summed E-state index contributed by atoms with van der Waals surface area (Å²) < 4.78 is 32.8. The summed E-state index contributed by atoms with van der Waals surface area (Å²) in [6.45, 7) is 6.40. The molecule has 10 nitrogen and oxygen atoms in total. The van der Waals surface area contributed by atoms with E-state index in [1.807, 2.05) is 4.90 Å². The van der Waals surface area contributed by atoms with Crippen molar-refractivity contribution in [2.24, 2.45) is 0 Å². The molecule has 3 rings (SSSR count). The number of anilines is 2. The average Bonchev–Trinajstić information content (AvgIpc) is 2.84. The van der Waals surface area contributed by atoms with E-state index in [9.17, 15) is 23.3 Å². The minimum absolute atomic E-state index is 0.0752. The molecule has 1 fully saturated rings. The van der Waals surface area contributed by atoms with Crippen LogP contribution in [0.15, 0.2) is 53.4 Å². The maximum Gasteiger partial charge on any atom is 0.276 e. The lowest BCUT2D eigenvalue weighted by molar-refractivity contribution is -0.385. The zero-order valence-corrected chi connectivity index (χ0v) is 20.0. The Bertz CT molecular complexity index is 1170. The van der Waals surface area contributed by atoms with Gasteiger partial charge in [-0.25, -0.2) is 8.42 Å². The molecule has 2 aromatic rings. The molecule has 1 amide bonds. The third-order valence-electron chi connectivity index (χ3n) is 5.47. The number of hydrogen-bond donors (Lipinski definition) is 1. The van der Waals surface area contributed by atoms with E-state index in [0.29, 0.717) is 50.8 Å². The van der Waals surface area contributed by atoms with Crippen molar-refractivity contribution in [3.05, 3.63) is 64.2 Å². The molecule has 34 heavy (non-hydrogen) atoms. The Labute approximate surface area is 199 Å². The second-order valence-corrected chi connectivity index (χ2v) is 9.44. The van der Waals surface area contributed by atoms with Gasteiger partial charge in [0.2, 0.25) is 15.9 Å². The van der Waals surface area contributed by atoms with Gasteiger partial charge in [-0.05, 0) is 30.3 Å². The fourth-order valence-corrected chi connectivity index (χ4v) is 5.19. The molecule has 0 spiro atoms. The number of para-hydroxylation sites is 1. The van der Waals surface area contributed by atoms with Crippen LogP contribution in [0.3, 0.4) is 0 Å². The Balaban J connectivity index is 1.94. The Kier molecular flexibility index (Phi) is 8.37. The number of benzene rings is 2. The highest BCUT2D eigenvalue weighted by Crippen LogP contribution is 2.31. The van der Waals surface area contributed by atoms with Crippen molar-refractivity contribution in [3.8, 4) is 0 Å². The van der Waals surface area contributed by atoms with E-state index in [1.54, 1.807) is 38.1 Å². The van der Waals surface area contributed by atoms with Crippen molar-refractivity contribution in [2.75, 3.05) is 49.6 Å². The lowest BCUT2D eigenvalue weighted by Gasteiger charge is -2.31. The standard InChI is InChI=1S/C23H28N4O6S/c1-3-26(4-2)34(31,32)19-10-11-22(25-13-15-33-16-14-25)20(17-19)24-23(28)12-9-18-7-5-6-8-21(18)27(29)30/h5-12,17H,3-4,13-16H2,1-2H3,(H,24,28)/b12-9+. The van der Waals surface area contributed by atoms with Gasteiger partial charge in [0.15, 0.2) is 0 Å². The van der Waals surface area contributed by atoms with Crippen LogP contribution in [0.25, 0.3) is 6.08 Å². The van der Waals surface area contributed by atoms with Crippen molar-refractivity contribution in [2.45, 2.75) is 18.7 Å². The van der Waals surface area contributed by atoms with Gasteiger partial charge in [-0.2, -0.15) is 4.31 Å². The van der Waals surface area contributed by atoms with Gasteiger partial charge in [0.1, 0.15) is 0 Å². The topological polar surface area (TPSA) is 122 Å². The van der Waals surface area contributed by atoms with E-state index in [0.717, 1.165) is 0 Å². The smallest absolute Gasteiger partial charge is 0.276 e. The molecule has 0 bridgehead atoms. The molecule has 2 aromatic carbocycles. The largest absolute Gasteiger partial charge is 0.378 e. The Morgan fingerprint density at radius 3 is 2.50 bits per heavy atom. The zero-order valence-electron chi connectivity index (χ0n) is 19.1. The molecule has 0 radical (unpaired) electrons. The van der Waals surface area contributed by atoms with Gasteiger partial charge in [-0.1, -0.05) is 26.0 Å². The number of amides is 1. The lowest BCUT2D eigenvalue weighted by atomic mass is 10.1. The summed E-state index contributed by atoms with van der Waals surface area (Å²) in [5.74, 6) is -0.537. The van der Waals surface area contributed by atoms with E-state index in [4.69, 9.17) is 4.74 Å². The minimum Gasteiger partial charge on any atom is -0.378 e. The van der Waals surface area contributed by atoms with Gasteiger partial charge in [-0.3, -0.25) is 14.9 Å². The second-order valence-electron chi connectivity index (χ2n) is 7.51. The van der Waals surface area contributed by atoms with Crippen LogP contribution in [0.5, 0.6) is 0 Å². The fraction of sp³-hybridized carbons (Fsp3) is 0.348. The summed E-state index contributed by atoms with van der Waals surface area (Å²) in [4.78, 5) is 25.5. The van der Waals surface area contributed by atoms with Crippen LogP contribution in [0.2, 0.25) is 0 Å². The first-order valence-corrected chi connectivity index (χ1v) is 12.4. The van der Waals surface area contributed by atoms with E-state index in [2.05, 4.69) is 5.32 Å². The van der Waals surface area contributed by atoms with Gasteiger partial charge in [0, 0.05) is 38.3 Å². The number of morpholine rings is 1. The second kappa shape index (κ2) is 11.2. The zero-order chi connectivity index (χ0) is 24.7. The van der Waals surface area contributed by atoms with Crippen molar-refractivity contribution < 1.29 is 22.9 Å². The van der Waals surface area contributed by atoms with Crippen LogP contribution in [0.1, 0.15) is 19.4 Å². The summed E-state index contributed by atoms with van der Waals surface area (Å²) in [5, 5.41) is 14.0. The summed E-state index contributed by atoms with van der Waals surface area (Å²) in [5.41, 5.74) is 1.18. The quantitative estimate of drug-likeness (QED) is 0.327. The number of nitro groups is 1. The third kappa shape index (κ3) is 5.79. The van der Waals surface area contributed by atoms with Crippen LogP contribution >= 0.6 is 0 Å². The predicted octanol–water partition coefficient (Wildman–Crippen LogP) is 3.11. The molecule has 1 aliphatic rings. The summed E-state index contributed by atoms with van der Waals surface area (Å²) >= 11 is 0. The van der Waals surface area contributed by atoms with Crippen molar-refractivity contribution in [1.82, 2.24) is 4.31 Å². The predicted molar refractivity (Wildman–Crippen MR) is 130 cm³/mol. The first-order valence-electron chi connectivity index (χ1n) is 11.0. The Hall–Kier alpha value is -3.28. The fourth-order valence-electron chi connectivity index (χ4n) is 3.70. The minimum atomic E-state index is -3.73. The normalized spacial score (nSPS) is 14.5. The number of nitrogens with zero attached hydrogens (tertiary/aromatic N) is 3. The molecule has 0 aliphatic carbocycles. The van der Waals surface area contributed by atoms with E-state index in [1.165, 1.54) is 34.7 Å². The Morgan fingerprint density at radius 2 is 1.85 bits per heavy atom. The molecule has 11 heteroatoms. The highest BCUT2D eigenvalue weighted by atomic mass is 32.2. The van der Waals surface area contributed by atoms with E-state index in [-0.39, 0.29) is 16.1 Å². The molecule has 1 aliphatic heterocycles. The van der Waals surface area contributed by atoms with Gasteiger partial charge in [0.05, 0.1) is 40.0 Å². The third-order valence-corrected chi connectivity index (χ3v) is 7.51. The van der Waals surface area contributed by atoms with Crippen molar-refractivity contribution in [3.63, 3.8) is 0 Å². The van der Waals surface area contributed by atoms with E-state index < -0.39 is 20.9 Å². The van der Waals surface area contributed by atoms with Crippen molar-refractivity contribution >= 4 is 39.1 Å². The summed E-state index contributed by atoms with van der Waals surface area (Å²) in [6, 6.07) is 10.8. The van der Waals surface area contributed by atoms with Gasteiger partial charge in [0.25, 0.3) is 5.69 Å². The molecular weight excluding hydrogens is 460 g/mol. The molecule has 0 aromatic heterocycles. The molecular formula is C23H28N4O6S. The van der Waals surface area contributed by atoms with E-state index >= 15 is 0 Å². The number of sulfonamides is 1. The first-order chi connectivity index (χ1) is 16.3. The average molecular weight is 489 g/mol. The first kappa shape index (κ1) is 25.3. The van der Waals surface area contributed by atoms with Crippen LogP contribution in [-0.2, 0) is 19.6 Å².